The van der Waals surface area contributed by atoms with Crippen LogP contribution >= 0.6 is 0 Å². The lowest BCUT2D eigenvalue weighted by atomic mass is 9.74. The summed E-state index contributed by atoms with van der Waals surface area (Å²) in [7, 11) is 0. The number of carboxylic acid groups (broad SMARTS) is 1. The fourth-order valence-corrected chi connectivity index (χ4v) is 5.49. The Morgan fingerprint density at radius 1 is 1.06 bits per heavy atom. The Morgan fingerprint density at radius 3 is 2.18 bits per heavy atom. The molecule has 1 aliphatic heterocycles. The number of alkyl carbamates (subject to hydrolysis) is 1. The Bertz CT molecular complexity index is 1090. The van der Waals surface area contributed by atoms with Gasteiger partial charge >= 0.3 is 12.1 Å². The number of carbonyl (C=O) groups excluding carboxylic acids is 2. The average molecular weight is 463 g/mol. The van der Waals surface area contributed by atoms with E-state index >= 15 is 0 Å². The number of hydrogen-bond acceptors (Lipinski definition) is 4. The van der Waals surface area contributed by atoms with Crippen molar-refractivity contribution in [1.82, 2.24) is 10.2 Å². The van der Waals surface area contributed by atoms with E-state index in [9.17, 15) is 19.5 Å². The second-order valence-electron chi connectivity index (χ2n) is 10.4. The van der Waals surface area contributed by atoms with E-state index in [0.717, 1.165) is 35.1 Å². The highest BCUT2D eigenvalue weighted by Crippen LogP contribution is 2.44. The predicted octanol–water partition coefficient (Wildman–Crippen LogP) is 4.02. The van der Waals surface area contributed by atoms with Gasteiger partial charge < -0.3 is 20.1 Å². The number of likely N-dealkylation sites (tertiary alicyclic amines) is 1. The van der Waals surface area contributed by atoms with E-state index in [2.05, 4.69) is 29.6 Å². The summed E-state index contributed by atoms with van der Waals surface area (Å²) in [5.74, 6) is -1.05. The molecule has 34 heavy (non-hydrogen) atoms. The van der Waals surface area contributed by atoms with Crippen molar-refractivity contribution >= 4 is 18.0 Å². The first kappa shape index (κ1) is 22.4. The fraction of sp³-hybridized carbons (Fsp3) is 0.444. The Kier molecular flexibility index (Phi) is 5.58. The lowest BCUT2D eigenvalue weighted by Crippen LogP contribution is -2.69. The Morgan fingerprint density at radius 2 is 1.65 bits per heavy atom. The molecule has 2 N–H and O–H groups in total. The van der Waals surface area contributed by atoms with Crippen LogP contribution in [0.2, 0.25) is 0 Å². The number of hydrogen-bond donors (Lipinski definition) is 2. The highest BCUT2D eigenvalue weighted by molar-refractivity contribution is 5.91. The molecule has 2 unspecified atom stereocenters. The molecule has 7 heteroatoms. The number of fused-ring (bicyclic) bond motifs is 3. The number of rotatable bonds is 7. The smallest absolute Gasteiger partial charge is 0.407 e. The molecule has 2 aliphatic carbocycles. The van der Waals surface area contributed by atoms with E-state index in [1.54, 1.807) is 0 Å². The molecule has 2 fully saturated rings. The second kappa shape index (κ2) is 8.46. The zero-order chi connectivity index (χ0) is 24.0. The lowest BCUT2D eigenvalue weighted by molar-refractivity contribution is -0.173. The van der Waals surface area contributed by atoms with E-state index in [-0.39, 0.29) is 18.4 Å². The summed E-state index contributed by atoms with van der Waals surface area (Å²) in [5, 5.41) is 12.4. The van der Waals surface area contributed by atoms with Crippen LogP contribution in [0.3, 0.4) is 0 Å². The van der Waals surface area contributed by atoms with Crippen LogP contribution < -0.4 is 5.32 Å². The summed E-state index contributed by atoms with van der Waals surface area (Å²) in [6.07, 6.45) is 1.90. The number of carboxylic acids is 1. The third-order valence-electron chi connectivity index (χ3n) is 7.35. The van der Waals surface area contributed by atoms with Gasteiger partial charge in [0.05, 0.1) is 0 Å². The van der Waals surface area contributed by atoms with Gasteiger partial charge in [0.15, 0.2) is 0 Å². The highest BCUT2D eigenvalue weighted by atomic mass is 16.5. The van der Waals surface area contributed by atoms with Gasteiger partial charge in [0.1, 0.15) is 18.7 Å². The topological polar surface area (TPSA) is 95.9 Å². The van der Waals surface area contributed by atoms with Gasteiger partial charge in [-0.1, -0.05) is 75.2 Å². The first-order valence-electron chi connectivity index (χ1n) is 11.9. The van der Waals surface area contributed by atoms with Crippen LogP contribution in [0.15, 0.2) is 48.5 Å². The van der Waals surface area contributed by atoms with Gasteiger partial charge in [-0.25, -0.2) is 9.59 Å². The maximum atomic E-state index is 13.2. The zero-order valence-electron chi connectivity index (χ0n) is 19.5. The van der Waals surface area contributed by atoms with Crippen molar-refractivity contribution in [3.63, 3.8) is 0 Å². The number of amides is 2. The molecule has 0 bridgehead atoms. The SMILES string of the molecule is CC1(C)CN(C(=O)C(CC2CC2)NC(=O)OCC2c3ccccc3-c3ccccc32)C1C(=O)O. The van der Waals surface area contributed by atoms with Crippen LogP contribution in [0.4, 0.5) is 4.79 Å². The molecule has 1 saturated carbocycles. The largest absolute Gasteiger partial charge is 0.480 e. The maximum Gasteiger partial charge on any atom is 0.407 e. The molecule has 0 spiro atoms. The molecule has 2 aromatic rings. The average Bonchev–Trinajstić information content (AvgIpc) is 3.55. The number of benzene rings is 2. The molecule has 3 aliphatic rings. The molecular weight excluding hydrogens is 432 g/mol. The molecule has 2 atom stereocenters. The molecule has 1 saturated heterocycles. The summed E-state index contributed by atoms with van der Waals surface area (Å²) < 4.78 is 5.63. The van der Waals surface area contributed by atoms with Crippen molar-refractivity contribution in [2.45, 2.75) is 51.1 Å². The third kappa shape index (κ3) is 4.04. The van der Waals surface area contributed by atoms with Gasteiger partial charge in [-0.3, -0.25) is 4.79 Å². The van der Waals surface area contributed by atoms with E-state index < -0.39 is 29.6 Å². The standard InChI is InChI=1S/C27H30N2O5/c1-27(2)15-29(23(27)25(31)32)24(30)22(13-16-11-12-16)28-26(33)34-14-21-19-9-5-3-7-17(19)18-8-4-6-10-20(18)21/h3-10,16,21-23H,11-15H2,1-2H3,(H,28,33)(H,31,32). The third-order valence-corrected chi connectivity index (χ3v) is 7.35. The van der Waals surface area contributed by atoms with Crippen LogP contribution in [0.25, 0.3) is 11.1 Å². The van der Waals surface area contributed by atoms with Crippen molar-refractivity contribution in [2.24, 2.45) is 11.3 Å². The van der Waals surface area contributed by atoms with E-state index in [1.165, 1.54) is 4.90 Å². The van der Waals surface area contributed by atoms with Crippen LogP contribution in [0, 0.1) is 11.3 Å². The summed E-state index contributed by atoms with van der Waals surface area (Å²) >= 11 is 0. The molecular formula is C27H30N2O5. The lowest BCUT2D eigenvalue weighted by Gasteiger charge is -2.52. The molecule has 2 amide bonds. The minimum atomic E-state index is -1.02. The van der Waals surface area contributed by atoms with Gasteiger partial charge in [-0.15, -0.1) is 0 Å². The number of nitrogens with one attached hydrogen (secondary N) is 1. The summed E-state index contributed by atoms with van der Waals surface area (Å²) in [5.41, 5.74) is 4.04. The van der Waals surface area contributed by atoms with Crippen molar-refractivity contribution in [2.75, 3.05) is 13.2 Å². The van der Waals surface area contributed by atoms with Crippen molar-refractivity contribution in [3.8, 4) is 11.1 Å². The predicted molar refractivity (Wildman–Crippen MR) is 126 cm³/mol. The zero-order valence-corrected chi connectivity index (χ0v) is 19.5. The molecule has 0 radical (unpaired) electrons. The highest BCUT2D eigenvalue weighted by Gasteiger charge is 2.54. The van der Waals surface area contributed by atoms with Crippen LogP contribution in [-0.2, 0) is 14.3 Å². The summed E-state index contributed by atoms with van der Waals surface area (Å²) in [6.45, 7) is 4.20. The molecule has 5 rings (SSSR count). The molecule has 2 aromatic carbocycles. The minimum Gasteiger partial charge on any atom is -0.480 e. The molecule has 0 aromatic heterocycles. The van der Waals surface area contributed by atoms with Gasteiger partial charge in [-0.2, -0.15) is 0 Å². The second-order valence-corrected chi connectivity index (χ2v) is 10.4. The number of nitrogens with zero attached hydrogens (tertiary/aromatic N) is 1. The Balaban J connectivity index is 1.26. The van der Waals surface area contributed by atoms with Gasteiger partial charge in [0.25, 0.3) is 0 Å². The number of carbonyl (C=O) groups is 3. The quantitative estimate of drug-likeness (QED) is 0.648. The number of ether oxygens (including phenoxy) is 1. The molecule has 178 valence electrons. The Labute approximate surface area is 199 Å². The van der Waals surface area contributed by atoms with Crippen LogP contribution in [0.5, 0.6) is 0 Å². The van der Waals surface area contributed by atoms with Crippen LogP contribution in [0.1, 0.15) is 50.2 Å². The minimum absolute atomic E-state index is 0.0664. The van der Waals surface area contributed by atoms with Gasteiger partial charge in [0, 0.05) is 17.9 Å². The maximum absolute atomic E-state index is 13.2. The first-order valence-corrected chi connectivity index (χ1v) is 11.9. The van der Waals surface area contributed by atoms with Gasteiger partial charge in [0.2, 0.25) is 5.91 Å². The van der Waals surface area contributed by atoms with Crippen molar-refractivity contribution in [1.29, 1.82) is 0 Å². The summed E-state index contributed by atoms with van der Waals surface area (Å²) in [4.78, 5) is 39.1. The van der Waals surface area contributed by atoms with E-state index in [0.29, 0.717) is 18.9 Å². The fourth-order valence-electron chi connectivity index (χ4n) is 5.49. The van der Waals surface area contributed by atoms with E-state index in [1.807, 2.05) is 38.1 Å². The molecule has 1 heterocycles. The van der Waals surface area contributed by atoms with Crippen molar-refractivity contribution < 1.29 is 24.2 Å². The Hall–Kier alpha value is -3.35. The normalized spacial score (nSPS) is 21.1. The van der Waals surface area contributed by atoms with E-state index in [4.69, 9.17) is 4.74 Å². The van der Waals surface area contributed by atoms with Gasteiger partial charge in [-0.05, 0) is 34.6 Å². The van der Waals surface area contributed by atoms with Crippen molar-refractivity contribution in [3.05, 3.63) is 59.7 Å². The number of aliphatic carboxylic acids is 1. The summed E-state index contributed by atoms with van der Waals surface area (Å²) in [6, 6.07) is 14.6. The van der Waals surface area contributed by atoms with Crippen LogP contribution in [-0.4, -0.2) is 53.2 Å². The molecule has 7 nitrogen and oxygen atoms in total. The monoisotopic (exact) mass is 462 g/mol. The first-order chi connectivity index (χ1) is 16.3.